The fourth-order valence-corrected chi connectivity index (χ4v) is 4.59. The lowest BCUT2D eigenvalue weighted by Gasteiger charge is -2.07. The van der Waals surface area contributed by atoms with Crippen molar-refractivity contribution in [3.05, 3.63) is 88.9 Å². The molecule has 5 aromatic rings. The first kappa shape index (κ1) is 19.2. The first-order valence-electron chi connectivity index (χ1n) is 9.64. The summed E-state index contributed by atoms with van der Waals surface area (Å²) in [7, 11) is 1.85. The highest BCUT2D eigenvalue weighted by Gasteiger charge is 2.18. The van der Waals surface area contributed by atoms with Crippen molar-refractivity contribution < 1.29 is 4.39 Å². The Balaban J connectivity index is 1.59. The Hall–Kier alpha value is -3.78. The molecular formula is C23H18FN5OS. The molecule has 0 saturated carbocycles. The maximum atomic E-state index is 13.3. The van der Waals surface area contributed by atoms with Gasteiger partial charge in [0.15, 0.2) is 5.82 Å². The summed E-state index contributed by atoms with van der Waals surface area (Å²) in [5.41, 5.74) is 3.54. The standard InChI is InChI=1S/C23H18FN5OS/c1-14-20(23(30)29(28(14)2)17-6-4-3-5-7-17)27-22-21-18(25-13-26-22)12-19(31-21)15-8-10-16(24)11-9-15/h3-13H,1-2H3,(H,25,26,27). The van der Waals surface area contributed by atoms with Gasteiger partial charge in [0, 0.05) is 11.9 Å². The van der Waals surface area contributed by atoms with Gasteiger partial charge in [0.1, 0.15) is 17.8 Å². The topological polar surface area (TPSA) is 64.7 Å². The lowest BCUT2D eigenvalue weighted by atomic mass is 10.2. The largest absolute Gasteiger partial charge is 0.333 e. The quantitative estimate of drug-likeness (QED) is 0.433. The van der Waals surface area contributed by atoms with E-state index < -0.39 is 0 Å². The molecule has 0 unspecified atom stereocenters. The molecule has 0 bridgehead atoms. The average molecular weight is 431 g/mol. The van der Waals surface area contributed by atoms with Crippen LogP contribution < -0.4 is 10.9 Å². The van der Waals surface area contributed by atoms with Crippen molar-refractivity contribution in [1.82, 2.24) is 19.3 Å². The first-order chi connectivity index (χ1) is 15.0. The number of nitrogens with one attached hydrogen (secondary N) is 1. The molecule has 0 radical (unpaired) electrons. The number of halogens is 1. The highest BCUT2D eigenvalue weighted by atomic mass is 32.1. The van der Waals surface area contributed by atoms with Gasteiger partial charge >= 0.3 is 0 Å². The number of aromatic nitrogens is 4. The molecule has 3 aromatic heterocycles. The van der Waals surface area contributed by atoms with Gasteiger partial charge in [0.2, 0.25) is 0 Å². The Morgan fingerprint density at radius 1 is 1.03 bits per heavy atom. The summed E-state index contributed by atoms with van der Waals surface area (Å²) in [5.74, 6) is 0.288. The molecule has 0 spiro atoms. The second kappa shape index (κ2) is 7.48. The minimum Gasteiger partial charge on any atom is -0.333 e. The van der Waals surface area contributed by atoms with E-state index in [2.05, 4.69) is 15.3 Å². The minimum absolute atomic E-state index is 0.159. The van der Waals surface area contributed by atoms with Crippen LogP contribution in [0.2, 0.25) is 0 Å². The normalized spacial score (nSPS) is 11.2. The predicted molar refractivity (Wildman–Crippen MR) is 122 cm³/mol. The van der Waals surface area contributed by atoms with E-state index in [4.69, 9.17) is 0 Å². The van der Waals surface area contributed by atoms with Crippen LogP contribution in [0, 0.1) is 12.7 Å². The van der Waals surface area contributed by atoms with Gasteiger partial charge in [-0.2, -0.15) is 0 Å². The van der Waals surface area contributed by atoms with Crippen LogP contribution in [0.15, 0.2) is 71.8 Å². The summed E-state index contributed by atoms with van der Waals surface area (Å²) in [6.45, 7) is 1.89. The van der Waals surface area contributed by atoms with E-state index in [0.29, 0.717) is 11.5 Å². The van der Waals surface area contributed by atoms with Gasteiger partial charge < -0.3 is 5.32 Å². The smallest absolute Gasteiger partial charge is 0.295 e. The van der Waals surface area contributed by atoms with Gasteiger partial charge in [-0.1, -0.05) is 30.3 Å². The number of para-hydroxylation sites is 1. The van der Waals surface area contributed by atoms with Gasteiger partial charge in [0.05, 0.1) is 21.6 Å². The number of anilines is 2. The zero-order valence-electron chi connectivity index (χ0n) is 16.8. The van der Waals surface area contributed by atoms with Crippen LogP contribution in [0.4, 0.5) is 15.9 Å². The molecule has 0 amide bonds. The van der Waals surface area contributed by atoms with Crippen molar-refractivity contribution in [2.45, 2.75) is 6.92 Å². The number of hydrogen-bond donors (Lipinski definition) is 1. The van der Waals surface area contributed by atoms with Gasteiger partial charge in [0.25, 0.3) is 5.56 Å². The van der Waals surface area contributed by atoms with E-state index in [1.807, 2.05) is 55.1 Å². The fraction of sp³-hybridized carbons (Fsp3) is 0.0870. The van der Waals surface area contributed by atoms with Crippen LogP contribution in [-0.4, -0.2) is 19.3 Å². The molecule has 31 heavy (non-hydrogen) atoms. The van der Waals surface area contributed by atoms with Crippen molar-refractivity contribution in [1.29, 1.82) is 0 Å². The van der Waals surface area contributed by atoms with E-state index in [0.717, 1.165) is 32.0 Å². The molecule has 0 atom stereocenters. The third-order valence-corrected chi connectivity index (χ3v) is 6.42. The Labute approximate surface area is 181 Å². The number of thiophene rings is 1. The molecule has 2 aromatic carbocycles. The van der Waals surface area contributed by atoms with Gasteiger partial charge in [-0.05, 0) is 42.8 Å². The number of rotatable bonds is 4. The van der Waals surface area contributed by atoms with Crippen LogP contribution in [0.25, 0.3) is 26.3 Å². The van der Waals surface area contributed by atoms with E-state index >= 15 is 0 Å². The Morgan fingerprint density at radius 3 is 2.52 bits per heavy atom. The van der Waals surface area contributed by atoms with Crippen molar-refractivity contribution in [2.75, 3.05) is 5.32 Å². The zero-order valence-corrected chi connectivity index (χ0v) is 17.7. The van der Waals surface area contributed by atoms with Crippen molar-refractivity contribution in [3.8, 4) is 16.1 Å². The monoisotopic (exact) mass is 431 g/mol. The summed E-state index contributed by atoms with van der Waals surface area (Å²) in [6.07, 6.45) is 1.47. The third-order valence-electron chi connectivity index (χ3n) is 5.24. The van der Waals surface area contributed by atoms with Crippen LogP contribution >= 0.6 is 11.3 Å². The van der Waals surface area contributed by atoms with E-state index in [1.54, 1.807) is 16.8 Å². The predicted octanol–water partition coefficient (Wildman–Crippen LogP) is 5.04. The molecule has 8 heteroatoms. The second-order valence-electron chi connectivity index (χ2n) is 7.12. The fourth-order valence-electron chi connectivity index (χ4n) is 3.53. The lowest BCUT2D eigenvalue weighted by Crippen LogP contribution is -2.20. The Bertz CT molecular complexity index is 1450. The van der Waals surface area contributed by atoms with Gasteiger partial charge in [-0.25, -0.2) is 19.0 Å². The summed E-state index contributed by atoms with van der Waals surface area (Å²) in [5, 5.41) is 3.23. The summed E-state index contributed by atoms with van der Waals surface area (Å²) >= 11 is 1.50. The summed E-state index contributed by atoms with van der Waals surface area (Å²) in [4.78, 5) is 22.9. The second-order valence-corrected chi connectivity index (χ2v) is 8.17. The Morgan fingerprint density at radius 2 is 1.77 bits per heavy atom. The number of fused-ring (bicyclic) bond motifs is 1. The van der Waals surface area contributed by atoms with Crippen LogP contribution in [0.5, 0.6) is 0 Å². The van der Waals surface area contributed by atoms with Gasteiger partial charge in [-0.3, -0.25) is 9.48 Å². The molecule has 154 valence electrons. The molecule has 5 rings (SSSR count). The van der Waals surface area contributed by atoms with E-state index in [1.165, 1.54) is 29.8 Å². The van der Waals surface area contributed by atoms with Crippen molar-refractivity contribution >= 4 is 33.1 Å². The molecule has 0 aliphatic heterocycles. The maximum absolute atomic E-state index is 13.3. The molecule has 0 fully saturated rings. The number of hydrogen-bond acceptors (Lipinski definition) is 5. The molecule has 0 aliphatic rings. The molecular weight excluding hydrogens is 413 g/mol. The average Bonchev–Trinajstić information content (AvgIpc) is 3.31. The SMILES string of the molecule is Cc1c(Nc2ncnc3cc(-c4ccc(F)cc4)sc23)c(=O)n(-c2ccccc2)n1C. The number of benzene rings is 2. The summed E-state index contributed by atoms with van der Waals surface area (Å²) < 4.78 is 17.5. The third kappa shape index (κ3) is 3.30. The molecule has 6 nitrogen and oxygen atoms in total. The minimum atomic E-state index is -0.277. The highest BCUT2D eigenvalue weighted by molar-refractivity contribution is 7.22. The maximum Gasteiger partial charge on any atom is 0.295 e. The van der Waals surface area contributed by atoms with Crippen molar-refractivity contribution in [3.63, 3.8) is 0 Å². The number of nitrogens with zero attached hydrogens (tertiary/aromatic N) is 4. The molecule has 3 heterocycles. The van der Waals surface area contributed by atoms with Gasteiger partial charge in [-0.15, -0.1) is 11.3 Å². The first-order valence-corrected chi connectivity index (χ1v) is 10.5. The van der Waals surface area contributed by atoms with Crippen LogP contribution in [0.1, 0.15) is 5.69 Å². The highest BCUT2D eigenvalue weighted by Crippen LogP contribution is 2.36. The van der Waals surface area contributed by atoms with E-state index in [9.17, 15) is 9.18 Å². The van der Waals surface area contributed by atoms with E-state index in [-0.39, 0.29) is 11.4 Å². The summed E-state index contributed by atoms with van der Waals surface area (Å²) in [6, 6.07) is 17.8. The van der Waals surface area contributed by atoms with Crippen LogP contribution in [-0.2, 0) is 7.05 Å². The zero-order chi connectivity index (χ0) is 21.5. The molecule has 1 N–H and O–H groups in total. The molecule has 0 saturated heterocycles. The Kier molecular flexibility index (Phi) is 4.63. The van der Waals surface area contributed by atoms with Crippen LogP contribution in [0.3, 0.4) is 0 Å². The lowest BCUT2D eigenvalue weighted by molar-refractivity contribution is 0.628. The van der Waals surface area contributed by atoms with Crippen molar-refractivity contribution in [2.24, 2.45) is 7.05 Å². The molecule has 0 aliphatic carbocycles.